The summed E-state index contributed by atoms with van der Waals surface area (Å²) in [6.07, 6.45) is 0.705. The van der Waals surface area contributed by atoms with Crippen LogP contribution in [0.3, 0.4) is 0 Å². The number of rotatable bonds is 11. The standard InChI is InChI=1S/C33H42F5N7O3/c1-18(2)45-24(11-12-39-45)28(46)41-27(26(19-5-6-19)20-7-8-20)29(47)40-22-9-10-23-21(13-22)14-43(17-32(4,34)35)15-25(23)44-16-31(3,33(36,37)38)42-30(44)48/h9-13,18-20,25-27H,5-8,14-17H2,1-4H3,(H,40,47)(H,41,46)(H,42,48)/t25?,27-,31-/m0/s1. The van der Waals surface area contributed by atoms with Crippen LogP contribution in [0.15, 0.2) is 30.5 Å². The van der Waals surface area contributed by atoms with Crippen molar-refractivity contribution in [2.24, 2.45) is 17.8 Å². The van der Waals surface area contributed by atoms with Crippen molar-refractivity contribution in [1.82, 2.24) is 30.2 Å². The van der Waals surface area contributed by atoms with Crippen LogP contribution in [0.25, 0.3) is 0 Å². The summed E-state index contributed by atoms with van der Waals surface area (Å²) in [5.41, 5.74) is -0.782. The van der Waals surface area contributed by atoms with Crippen molar-refractivity contribution in [2.45, 2.75) is 95.7 Å². The normalized spacial score (nSPS) is 24.1. The summed E-state index contributed by atoms with van der Waals surface area (Å²) in [5.74, 6) is -3.35. The summed E-state index contributed by atoms with van der Waals surface area (Å²) in [6.45, 7) is 4.06. The number of nitrogens with zero attached hydrogens (tertiary/aromatic N) is 4. The maximum Gasteiger partial charge on any atom is 0.413 e. The fraction of sp³-hybridized carbons (Fsp3) is 0.636. The van der Waals surface area contributed by atoms with Gasteiger partial charge in [-0.3, -0.25) is 19.2 Å². The van der Waals surface area contributed by atoms with E-state index in [4.69, 9.17) is 0 Å². The van der Waals surface area contributed by atoms with Crippen LogP contribution < -0.4 is 16.0 Å². The monoisotopic (exact) mass is 679 g/mol. The molecule has 1 saturated heterocycles. The summed E-state index contributed by atoms with van der Waals surface area (Å²) >= 11 is 0. The Labute approximate surface area is 275 Å². The first-order valence-corrected chi connectivity index (χ1v) is 16.5. The smallest absolute Gasteiger partial charge is 0.339 e. The molecule has 0 radical (unpaired) electrons. The van der Waals surface area contributed by atoms with Gasteiger partial charge in [0.15, 0.2) is 5.54 Å². The second kappa shape index (κ2) is 12.3. The molecule has 2 aliphatic heterocycles. The predicted molar refractivity (Wildman–Crippen MR) is 166 cm³/mol. The zero-order valence-corrected chi connectivity index (χ0v) is 27.4. The molecule has 3 fully saturated rings. The summed E-state index contributed by atoms with van der Waals surface area (Å²) in [5, 5.41) is 12.2. The molecule has 2 aliphatic carbocycles. The summed E-state index contributed by atoms with van der Waals surface area (Å²) in [6, 6.07) is 3.68. The Kier molecular flexibility index (Phi) is 8.74. The van der Waals surface area contributed by atoms with Crippen molar-refractivity contribution >= 4 is 23.5 Å². The molecular formula is C33H42F5N7O3. The van der Waals surface area contributed by atoms with Gasteiger partial charge in [0.25, 0.3) is 11.8 Å². The lowest BCUT2D eigenvalue weighted by atomic mass is 9.88. The Morgan fingerprint density at radius 1 is 1.08 bits per heavy atom. The van der Waals surface area contributed by atoms with Crippen LogP contribution in [-0.2, 0) is 11.3 Å². The Morgan fingerprint density at radius 2 is 1.75 bits per heavy atom. The molecule has 0 spiro atoms. The molecule has 262 valence electrons. The fourth-order valence-electron chi connectivity index (χ4n) is 7.31. The molecule has 48 heavy (non-hydrogen) atoms. The van der Waals surface area contributed by atoms with Crippen LogP contribution in [0.1, 0.15) is 87.1 Å². The minimum atomic E-state index is -4.72. The topological polar surface area (TPSA) is 112 Å². The Bertz CT molecular complexity index is 1550. The lowest BCUT2D eigenvalue weighted by molar-refractivity contribution is -0.184. The number of nitrogens with one attached hydrogen (secondary N) is 3. The van der Waals surface area contributed by atoms with Crippen LogP contribution in [-0.4, -0.2) is 80.7 Å². The van der Waals surface area contributed by atoms with Crippen LogP contribution >= 0.6 is 0 Å². The molecule has 1 unspecified atom stereocenters. The molecule has 3 N–H and O–H groups in total. The van der Waals surface area contributed by atoms with Gasteiger partial charge in [0, 0.05) is 37.9 Å². The molecule has 1 aromatic heterocycles. The SMILES string of the molecule is CC(C)n1nccc1C(=O)N[C@H](C(=O)Nc1ccc2c(c1)CN(CC(C)(F)F)CC2N1C[C@@](C)(C(F)(F)F)NC1=O)C(C1CC1)C1CC1. The minimum absolute atomic E-state index is 0.0388. The number of halogens is 5. The van der Waals surface area contributed by atoms with E-state index in [0.717, 1.165) is 44.4 Å². The lowest BCUT2D eigenvalue weighted by Crippen LogP contribution is -2.53. The maximum absolute atomic E-state index is 14.2. The van der Waals surface area contributed by atoms with Gasteiger partial charge in [-0.1, -0.05) is 6.07 Å². The average Bonchev–Trinajstić information content (AvgIpc) is 3.91. The van der Waals surface area contributed by atoms with E-state index in [2.05, 4.69) is 15.7 Å². The molecule has 4 amide bonds. The number of fused-ring (bicyclic) bond motifs is 1. The average molecular weight is 680 g/mol. The highest BCUT2D eigenvalue weighted by molar-refractivity contribution is 6.01. The highest BCUT2D eigenvalue weighted by atomic mass is 19.4. The molecule has 1 aromatic carbocycles. The highest BCUT2D eigenvalue weighted by Gasteiger charge is 2.59. The lowest BCUT2D eigenvalue weighted by Gasteiger charge is -2.40. The van der Waals surface area contributed by atoms with Crippen molar-refractivity contribution in [1.29, 1.82) is 0 Å². The van der Waals surface area contributed by atoms with E-state index < -0.39 is 60.7 Å². The molecular weight excluding hydrogens is 637 g/mol. The van der Waals surface area contributed by atoms with Crippen molar-refractivity contribution in [3.05, 3.63) is 47.3 Å². The number of anilines is 1. The molecule has 2 aromatic rings. The van der Waals surface area contributed by atoms with Gasteiger partial charge in [0.1, 0.15) is 11.7 Å². The molecule has 4 aliphatic rings. The van der Waals surface area contributed by atoms with Gasteiger partial charge in [-0.15, -0.1) is 0 Å². The van der Waals surface area contributed by atoms with Gasteiger partial charge in [-0.05, 0) is 93.5 Å². The van der Waals surface area contributed by atoms with E-state index in [9.17, 15) is 36.3 Å². The van der Waals surface area contributed by atoms with E-state index in [1.54, 1.807) is 28.9 Å². The third-order valence-corrected chi connectivity index (χ3v) is 9.91. The molecule has 0 bridgehead atoms. The first-order chi connectivity index (χ1) is 22.4. The molecule has 15 heteroatoms. The molecule has 3 atom stereocenters. The second-order valence-corrected chi connectivity index (χ2v) is 14.5. The first-order valence-electron chi connectivity index (χ1n) is 16.5. The summed E-state index contributed by atoms with van der Waals surface area (Å²) in [4.78, 5) is 42.9. The molecule has 3 heterocycles. The zero-order chi connectivity index (χ0) is 34.8. The van der Waals surface area contributed by atoms with Crippen molar-refractivity contribution in [3.63, 3.8) is 0 Å². The largest absolute Gasteiger partial charge is 0.413 e. The molecule has 10 nitrogen and oxygen atoms in total. The van der Waals surface area contributed by atoms with E-state index in [-0.39, 0.29) is 25.0 Å². The quantitative estimate of drug-likeness (QED) is 0.272. The Hall–Kier alpha value is -3.75. The van der Waals surface area contributed by atoms with E-state index >= 15 is 0 Å². The van der Waals surface area contributed by atoms with Gasteiger partial charge in [0.05, 0.1) is 19.1 Å². The van der Waals surface area contributed by atoms with Gasteiger partial charge in [-0.25, -0.2) is 13.6 Å². The van der Waals surface area contributed by atoms with Crippen LogP contribution in [0.5, 0.6) is 0 Å². The Balaban J connectivity index is 1.27. The van der Waals surface area contributed by atoms with Crippen molar-refractivity contribution in [2.75, 3.05) is 25.0 Å². The number of amides is 4. The number of benzene rings is 1. The number of urea groups is 1. The fourth-order valence-corrected chi connectivity index (χ4v) is 7.31. The van der Waals surface area contributed by atoms with Gasteiger partial charge >= 0.3 is 12.2 Å². The number of alkyl halides is 5. The minimum Gasteiger partial charge on any atom is -0.339 e. The van der Waals surface area contributed by atoms with Gasteiger partial charge in [0.2, 0.25) is 5.91 Å². The molecule has 6 rings (SSSR count). The summed E-state index contributed by atoms with van der Waals surface area (Å²) in [7, 11) is 0. The maximum atomic E-state index is 14.2. The second-order valence-electron chi connectivity index (χ2n) is 14.5. The van der Waals surface area contributed by atoms with Crippen LogP contribution in [0.2, 0.25) is 0 Å². The van der Waals surface area contributed by atoms with Gasteiger partial charge in [-0.2, -0.15) is 18.3 Å². The first kappa shape index (κ1) is 34.1. The number of aromatic nitrogens is 2. The third kappa shape index (κ3) is 7.01. The number of hydrogen-bond acceptors (Lipinski definition) is 5. The van der Waals surface area contributed by atoms with Gasteiger partial charge < -0.3 is 20.9 Å². The highest BCUT2D eigenvalue weighted by Crippen LogP contribution is 2.51. The van der Waals surface area contributed by atoms with Crippen LogP contribution in [0.4, 0.5) is 32.4 Å². The van der Waals surface area contributed by atoms with E-state index in [0.29, 0.717) is 34.3 Å². The number of hydrogen-bond donors (Lipinski definition) is 3. The predicted octanol–water partition coefficient (Wildman–Crippen LogP) is 5.50. The third-order valence-electron chi connectivity index (χ3n) is 9.91. The number of carbonyl (C=O) groups is 3. The van der Waals surface area contributed by atoms with E-state index in [1.165, 1.54) is 11.1 Å². The molecule has 2 saturated carbocycles. The summed E-state index contributed by atoms with van der Waals surface area (Å²) < 4.78 is 71.5. The zero-order valence-electron chi connectivity index (χ0n) is 27.4. The van der Waals surface area contributed by atoms with Crippen LogP contribution in [0, 0.1) is 17.8 Å². The Morgan fingerprint density at radius 3 is 2.31 bits per heavy atom. The van der Waals surface area contributed by atoms with E-state index in [1.807, 2.05) is 19.2 Å². The number of carbonyl (C=O) groups excluding carboxylic acids is 3. The van der Waals surface area contributed by atoms with Crippen molar-refractivity contribution in [3.8, 4) is 0 Å². The van der Waals surface area contributed by atoms with Crippen molar-refractivity contribution < 1.29 is 36.3 Å².